The van der Waals surface area contributed by atoms with Gasteiger partial charge in [-0.3, -0.25) is 0 Å². The molecule has 0 bridgehead atoms. The fourth-order valence-electron chi connectivity index (χ4n) is 4.28. The van der Waals surface area contributed by atoms with E-state index >= 15 is 0 Å². The van der Waals surface area contributed by atoms with Crippen molar-refractivity contribution in [2.75, 3.05) is 0 Å². The monoisotopic (exact) mass is 345 g/mol. The molecule has 0 fully saturated rings. The third kappa shape index (κ3) is 4.58. The molecule has 2 rings (SSSR count). The Kier molecular flexibility index (Phi) is 6.10. The maximum absolute atomic E-state index is 9.99. The van der Waals surface area contributed by atoms with Gasteiger partial charge >= 0.3 is 0 Å². The molecule has 1 N–H and O–H groups in total. The zero-order valence-corrected chi connectivity index (χ0v) is 17.2. The van der Waals surface area contributed by atoms with Crippen molar-refractivity contribution in [3.63, 3.8) is 0 Å². The van der Waals surface area contributed by atoms with Crippen molar-refractivity contribution >= 4 is 14.0 Å². The third-order valence-electron chi connectivity index (χ3n) is 5.54. The summed E-state index contributed by atoms with van der Waals surface area (Å²) in [7, 11) is 0.700. The van der Waals surface area contributed by atoms with Crippen molar-refractivity contribution in [3.05, 3.63) is 46.3 Å². The summed E-state index contributed by atoms with van der Waals surface area (Å²) in [6.45, 7) is 13.6. The van der Waals surface area contributed by atoms with Crippen molar-refractivity contribution < 1.29 is 5.11 Å². The van der Waals surface area contributed by atoms with Crippen LogP contribution in [-0.4, -0.2) is 17.0 Å². The Morgan fingerprint density at radius 3 is 2.50 bits per heavy atom. The Hall–Kier alpha value is -0.910. The van der Waals surface area contributed by atoms with E-state index in [2.05, 4.69) is 71.4 Å². The third-order valence-corrected chi connectivity index (χ3v) is 6.26. The van der Waals surface area contributed by atoms with Gasteiger partial charge in [-0.2, -0.15) is 0 Å². The van der Waals surface area contributed by atoms with E-state index in [1.54, 1.807) is 0 Å². The molecule has 0 aliphatic heterocycles. The van der Waals surface area contributed by atoms with Gasteiger partial charge in [0.15, 0.2) is 0 Å². The number of rotatable bonds is 3. The second kappa shape index (κ2) is 7.54. The van der Waals surface area contributed by atoms with Gasteiger partial charge in [-0.15, -0.1) is 0 Å². The van der Waals surface area contributed by atoms with Gasteiger partial charge in [0.05, 0.1) is 6.10 Å². The molecule has 0 heterocycles. The molecule has 132 valence electrons. The molecule has 1 unspecified atom stereocenters. The van der Waals surface area contributed by atoms with Gasteiger partial charge in [0.2, 0.25) is 0 Å². The van der Waals surface area contributed by atoms with Crippen LogP contribution < -0.4 is 0 Å². The molecule has 0 amide bonds. The average molecular weight is 345 g/mol. The summed E-state index contributed by atoms with van der Waals surface area (Å²) in [5, 5.41) is 9.99. The van der Waals surface area contributed by atoms with E-state index in [0.717, 1.165) is 12.8 Å². The minimum atomic E-state index is -0.181. The van der Waals surface area contributed by atoms with Crippen LogP contribution in [0.25, 0.3) is 0 Å². The van der Waals surface area contributed by atoms with Crippen LogP contribution in [0.3, 0.4) is 0 Å². The molecule has 0 aromatic heterocycles. The largest absolute Gasteiger partial charge is 0.393 e. The highest BCUT2D eigenvalue weighted by atomic mass is 31.1. The van der Waals surface area contributed by atoms with E-state index < -0.39 is 0 Å². The molecular formula is C22H34OP+. The summed E-state index contributed by atoms with van der Waals surface area (Å²) in [5.41, 5.74) is 6.06. The molecule has 0 aromatic rings. The maximum Gasteiger partial charge on any atom is 0.111 e. The Morgan fingerprint density at radius 1 is 1.17 bits per heavy atom. The molecule has 0 spiro atoms. The summed E-state index contributed by atoms with van der Waals surface area (Å²) in [5.74, 6) is 4.61. The summed E-state index contributed by atoms with van der Waals surface area (Å²) >= 11 is 0. The minimum Gasteiger partial charge on any atom is -0.393 e. The number of hydrogen-bond donors (Lipinski definition) is 1. The van der Waals surface area contributed by atoms with Crippen LogP contribution in [0.4, 0.5) is 0 Å². The summed E-state index contributed by atoms with van der Waals surface area (Å²) in [6.07, 6.45) is 10.9. The summed E-state index contributed by atoms with van der Waals surface area (Å²) < 4.78 is 0. The number of aliphatic hydroxyl groups excluding tert-OH is 1. The molecule has 0 radical (unpaired) electrons. The van der Waals surface area contributed by atoms with Gasteiger partial charge in [0, 0.05) is 0 Å². The van der Waals surface area contributed by atoms with Crippen LogP contribution in [0.1, 0.15) is 67.2 Å². The molecule has 24 heavy (non-hydrogen) atoms. The number of allylic oxidation sites excluding steroid dienone is 6. The second-order valence-electron chi connectivity index (χ2n) is 8.70. The minimum absolute atomic E-state index is 0.0753. The van der Waals surface area contributed by atoms with Crippen molar-refractivity contribution in [1.29, 1.82) is 0 Å². The smallest absolute Gasteiger partial charge is 0.111 e. The lowest BCUT2D eigenvalue weighted by atomic mass is 9.72. The first-order valence-corrected chi connectivity index (χ1v) is 10.3. The second-order valence-corrected chi connectivity index (χ2v) is 9.70. The maximum atomic E-state index is 9.99. The quantitative estimate of drug-likeness (QED) is 0.606. The van der Waals surface area contributed by atoms with Crippen LogP contribution >= 0.6 is 8.20 Å². The highest BCUT2D eigenvalue weighted by Crippen LogP contribution is 2.41. The molecule has 2 aliphatic rings. The van der Waals surface area contributed by atoms with Crippen molar-refractivity contribution in [2.45, 2.75) is 73.3 Å². The van der Waals surface area contributed by atoms with E-state index in [0.29, 0.717) is 13.6 Å². The van der Waals surface area contributed by atoms with Crippen LogP contribution in [0.5, 0.6) is 0 Å². The lowest BCUT2D eigenvalue weighted by Crippen LogP contribution is -2.28. The highest BCUT2D eigenvalue weighted by Gasteiger charge is 2.31. The van der Waals surface area contributed by atoms with E-state index in [1.807, 2.05) is 0 Å². The van der Waals surface area contributed by atoms with E-state index in [9.17, 15) is 5.11 Å². The van der Waals surface area contributed by atoms with E-state index in [1.165, 1.54) is 35.1 Å². The molecule has 0 saturated heterocycles. The van der Waals surface area contributed by atoms with Gasteiger partial charge in [0.25, 0.3) is 0 Å². The Labute approximate surface area is 150 Å². The number of hydrogen-bond acceptors (Lipinski definition) is 1. The topological polar surface area (TPSA) is 20.2 Å². The normalized spacial score (nSPS) is 28.9. The van der Waals surface area contributed by atoms with Crippen molar-refractivity contribution in [2.24, 2.45) is 10.8 Å². The molecule has 0 aromatic carbocycles. The molecule has 2 atom stereocenters. The zero-order valence-electron chi connectivity index (χ0n) is 16.2. The Balaban J connectivity index is 2.13. The van der Waals surface area contributed by atoms with Crippen molar-refractivity contribution in [1.82, 2.24) is 0 Å². The highest BCUT2D eigenvalue weighted by molar-refractivity contribution is 7.42. The first-order valence-electron chi connectivity index (χ1n) is 9.15. The Bertz CT molecular complexity index is 626. The van der Waals surface area contributed by atoms with Crippen LogP contribution in [0.2, 0.25) is 0 Å². The van der Waals surface area contributed by atoms with Gasteiger partial charge in [-0.25, -0.2) is 0 Å². The average Bonchev–Trinajstić information content (AvgIpc) is 2.42. The molecular weight excluding hydrogens is 311 g/mol. The molecule has 0 saturated carbocycles. The van der Waals surface area contributed by atoms with E-state index in [4.69, 9.17) is 0 Å². The fourth-order valence-corrected chi connectivity index (χ4v) is 4.92. The zero-order chi connectivity index (χ0) is 18.0. The van der Waals surface area contributed by atoms with E-state index in [-0.39, 0.29) is 11.5 Å². The van der Waals surface area contributed by atoms with Gasteiger partial charge in [-0.1, -0.05) is 44.9 Å². The van der Waals surface area contributed by atoms with Gasteiger partial charge in [-0.05, 0) is 73.7 Å². The molecule has 1 nitrogen and oxygen atoms in total. The van der Waals surface area contributed by atoms with Crippen LogP contribution in [0.15, 0.2) is 46.3 Å². The van der Waals surface area contributed by atoms with Crippen molar-refractivity contribution in [3.8, 4) is 0 Å². The summed E-state index contributed by atoms with van der Waals surface area (Å²) in [4.78, 5) is 0. The molecule has 2 aliphatic carbocycles. The Morgan fingerprint density at radius 2 is 1.88 bits per heavy atom. The summed E-state index contributed by atoms with van der Waals surface area (Å²) in [6, 6.07) is 0. The van der Waals surface area contributed by atoms with Gasteiger partial charge < -0.3 is 5.11 Å². The van der Waals surface area contributed by atoms with Crippen LogP contribution in [0, 0.1) is 10.8 Å². The SMILES string of the molecule is CC1=CCCC(C)(C)/C1=C/C=[PH+]/C=C/C1=C(C)C[C@@H](O)CC1(C)C. The lowest BCUT2D eigenvalue weighted by Gasteiger charge is -2.35. The molecule has 2 heteroatoms. The standard InChI is InChI=1S/C22H33OP/c1-16-8-7-11-21(3,4)19(16)9-12-24-13-10-20-17(2)14-18(23)15-22(20,5)6/h8-10,12-13,18,23H,7,11,14-15H2,1-6H3/p+1/b13-10+,19-9+/t18-/m1/s1. The van der Waals surface area contributed by atoms with Gasteiger partial charge in [0.1, 0.15) is 19.8 Å². The predicted octanol–water partition coefficient (Wildman–Crippen LogP) is 6.17. The predicted molar refractivity (Wildman–Crippen MR) is 110 cm³/mol. The van der Waals surface area contributed by atoms with Crippen LogP contribution in [-0.2, 0) is 0 Å². The number of aliphatic hydroxyl groups is 1. The fraction of sp³-hybridized carbons (Fsp3) is 0.591. The first-order chi connectivity index (χ1) is 11.1. The lowest BCUT2D eigenvalue weighted by molar-refractivity contribution is 0.116. The first kappa shape index (κ1) is 19.4.